The van der Waals surface area contributed by atoms with Crippen molar-refractivity contribution < 1.29 is 9.18 Å². The summed E-state index contributed by atoms with van der Waals surface area (Å²) >= 11 is 0. The number of aromatic nitrogens is 2. The van der Waals surface area contributed by atoms with Gasteiger partial charge in [0.15, 0.2) is 0 Å². The molecule has 140 valence electrons. The average Bonchev–Trinajstić information content (AvgIpc) is 3.06. The molecule has 5 heteroatoms. The lowest BCUT2D eigenvalue weighted by Crippen LogP contribution is -2.25. The van der Waals surface area contributed by atoms with Gasteiger partial charge in [0.1, 0.15) is 5.82 Å². The van der Waals surface area contributed by atoms with Crippen molar-refractivity contribution in [2.75, 3.05) is 6.54 Å². The van der Waals surface area contributed by atoms with Gasteiger partial charge in [-0.2, -0.15) is 5.10 Å². The minimum Gasteiger partial charge on any atom is -0.356 e. The lowest BCUT2D eigenvalue weighted by molar-refractivity contribution is -0.121. The van der Waals surface area contributed by atoms with Crippen molar-refractivity contribution in [3.8, 4) is 5.69 Å². The first-order chi connectivity index (χ1) is 13.1. The minimum atomic E-state index is -0.254. The van der Waals surface area contributed by atoms with Gasteiger partial charge >= 0.3 is 0 Å². The molecule has 27 heavy (non-hydrogen) atoms. The molecule has 0 radical (unpaired) electrons. The maximum atomic E-state index is 13.6. The first-order valence-electron chi connectivity index (χ1n) is 9.24. The van der Waals surface area contributed by atoms with E-state index in [0.29, 0.717) is 24.9 Å². The van der Waals surface area contributed by atoms with Crippen molar-refractivity contribution in [2.45, 2.75) is 32.6 Å². The van der Waals surface area contributed by atoms with Gasteiger partial charge in [-0.25, -0.2) is 9.07 Å². The van der Waals surface area contributed by atoms with Crippen LogP contribution in [0.5, 0.6) is 0 Å². The molecule has 3 aromatic rings. The Morgan fingerprint density at radius 1 is 1.04 bits per heavy atom. The van der Waals surface area contributed by atoms with Gasteiger partial charge in [0.05, 0.1) is 11.4 Å². The molecule has 0 saturated heterocycles. The molecule has 1 N–H and O–H groups in total. The summed E-state index contributed by atoms with van der Waals surface area (Å²) in [5.74, 6) is -0.300. The third kappa shape index (κ3) is 5.26. The predicted octanol–water partition coefficient (Wildman–Crippen LogP) is 4.00. The van der Waals surface area contributed by atoms with E-state index in [4.69, 9.17) is 0 Å². The van der Waals surface area contributed by atoms with Crippen molar-refractivity contribution in [1.82, 2.24) is 15.1 Å². The number of nitrogens with one attached hydrogen (secondary N) is 1. The van der Waals surface area contributed by atoms with Gasteiger partial charge in [-0.15, -0.1) is 0 Å². The standard InChI is InChI=1S/C22H24FN3O/c1-17-19(16-26(25-17)20-10-3-2-4-11-20)9-7-15-24-22(27)14-13-18-8-5-6-12-21(18)23/h2-6,8,10-12,16H,7,9,13-15H2,1H3,(H,24,27). The SMILES string of the molecule is Cc1nn(-c2ccccc2)cc1CCCNC(=O)CCc1ccccc1F. The van der Waals surface area contributed by atoms with E-state index in [1.165, 1.54) is 11.6 Å². The van der Waals surface area contributed by atoms with Crippen LogP contribution in [0.15, 0.2) is 60.8 Å². The van der Waals surface area contributed by atoms with E-state index < -0.39 is 0 Å². The van der Waals surface area contributed by atoms with Crippen LogP contribution in [0.1, 0.15) is 29.7 Å². The van der Waals surface area contributed by atoms with Gasteiger partial charge in [-0.3, -0.25) is 4.79 Å². The minimum absolute atomic E-state index is 0.0463. The number of nitrogens with zero attached hydrogens (tertiary/aromatic N) is 2. The number of amides is 1. The topological polar surface area (TPSA) is 46.9 Å². The Hall–Kier alpha value is -2.95. The molecule has 0 atom stereocenters. The van der Waals surface area contributed by atoms with Crippen molar-refractivity contribution in [2.24, 2.45) is 0 Å². The number of rotatable bonds is 8. The maximum absolute atomic E-state index is 13.6. The zero-order chi connectivity index (χ0) is 19.1. The number of carbonyl (C=O) groups excluding carboxylic acids is 1. The van der Waals surface area contributed by atoms with Crippen LogP contribution in [0, 0.1) is 12.7 Å². The van der Waals surface area contributed by atoms with Crippen molar-refractivity contribution >= 4 is 5.91 Å². The van der Waals surface area contributed by atoms with E-state index in [2.05, 4.69) is 10.4 Å². The van der Waals surface area contributed by atoms with Crippen LogP contribution in [0.4, 0.5) is 4.39 Å². The van der Waals surface area contributed by atoms with Gasteiger partial charge < -0.3 is 5.32 Å². The summed E-state index contributed by atoms with van der Waals surface area (Å²) in [5.41, 5.74) is 3.80. The monoisotopic (exact) mass is 365 g/mol. The Bertz CT molecular complexity index is 890. The number of aryl methyl sites for hydroxylation is 3. The molecule has 3 rings (SSSR count). The van der Waals surface area contributed by atoms with Crippen molar-refractivity contribution in [3.05, 3.63) is 83.4 Å². The van der Waals surface area contributed by atoms with E-state index in [1.807, 2.05) is 48.1 Å². The molecule has 1 amide bonds. The Balaban J connectivity index is 1.42. The summed E-state index contributed by atoms with van der Waals surface area (Å²) in [6.45, 7) is 2.60. The Kier molecular flexibility index (Phi) is 6.36. The lowest BCUT2D eigenvalue weighted by Gasteiger charge is -2.06. The Morgan fingerprint density at radius 2 is 1.78 bits per heavy atom. The van der Waals surface area contributed by atoms with E-state index in [-0.39, 0.29) is 11.7 Å². The van der Waals surface area contributed by atoms with Gasteiger partial charge in [0.25, 0.3) is 0 Å². The highest BCUT2D eigenvalue weighted by Gasteiger charge is 2.08. The number of hydrogen-bond donors (Lipinski definition) is 1. The number of carbonyl (C=O) groups is 1. The van der Waals surface area contributed by atoms with E-state index in [9.17, 15) is 9.18 Å². The fourth-order valence-electron chi connectivity index (χ4n) is 3.00. The molecule has 0 bridgehead atoms. The number of para-hydroxylation sites is 1. The van der Waals surface area contributed by atoms with Crippen LogP contribution in [-0.4, -0.2) is 22.2 Å². The third-order valence-electron chi connectivity index (χ3n) is 4.55. The third-order valence-corrected chi connectivity index (χ3v) is 4.55. The van der Waals surface area contributed by atoms with Crippen LogP contribution in [0.3, 0.4) is 0 Å². The normalized spacial score (nSPS) is 10.7. The maximum Gasteiger partial charge on any atom is 0.220 e. The lowest BCUT2D eigenvalue weighted by atomic mass is 10.1. The molecular weight excluding hydrogens is 341 g/mol. The number of halogens is 1. The van der Waals surface area contributed by atoms with Crippen LogP contribution >= 0.6 is 0 Å². The smallest absolute Gasteiger partial charge is 0.220 e. The fraction of sp³-hybridized carbons (Fsp3) is 0.273. The van der Waals surface area contributed by atoms with Crippen LogP contribution in [0.2, 0.25) is 0 Å². The Morgan fingerprint density at radius 3 is 2.56 bits per heavy atom. The molecule has 0 aliphatic heterocycles. The second-order valence-electron chi connectivity index (χ2n) is 6.56. The van der Waals surface area contributed by atoms with E-state index in [0.717, 1.165) is 24.2 Å². The highest BCUT2D eigenvalue weighted by Crippen LogP contribution is 2.13. The zero-order valence-corrected chi connectivity index (χ0v) is 15.5. The van der Waals surface area contributed by atoms with Gasteiger partial charge in [-0.1, -0.05) is 36.4 Å². The largest absolute Gasteiger partial charge is 0.356 e. The molecular formula is C22H24FN3O. The molecule has 4 nitrogen and oxygen atoms in total. The first kappa shape index (κ1) is 18.8. The molecule has 0 aliphatic carbocycles. The second kappa shape index (κ2) is 9.12. The molecule has 0 unspecified atom stereocenters. The van der Waals surface area contributed by atoms with Gasteiger partial charge in [0, 0.05) is 19.2 Å². The highest BCUT2D eigenvalue weighted by molar-refractivity contribution is 5.76. The summed E-state index contributed by atoms with van der Waals surface area (Å²) in [4.78, 5) is 11.9. The Labute approximate surface area is 159 Å². The summed E-state index contributed by atoms with van der Waals surface area (Å²) in [6, 6.07) is 16.6. The summed E-state index contributed by atoms with van der Waals surface area (Å²) in [6.07, 6.45) is 4.46. The first-order valence-corrected chi connectivity index (χ1v) is 9.24. The second-order valence-corrected chi connectivity index (χ2v) is 6.56. The molecule has 0 saturated carbocycles. The summed E-state index contributed by atoms with van der Waals surface area (Å²) < 4.78 is 15.4. The van der Waals surface area contributed by atoms with E-state index >= 15 is 0 Å². The molecule has 2 aromatic carbocycles. The molecule has 0 spiro atoms. The fourth-order valence-corrected chi connectivity index (χ4v) is 3.00. The number of benzene rings is 2. The predicted molar refractivity (Wildman–Crippen MR) is 104 cm³/mol. The van der Waals surface area contributed by atoms with Crippen LogP contribution in [0.25, 0.3) is 5.69 Å². The number of hydrogen-bond acceptors (Lipinski definition) is 2. The van der Waals surface area contributed by atoms with Crippen molar-refractivity contribution in [3.63, 3.8) is 0 Å². The average molecular weight is 365 g/mol. The quantitative estimate of drug-likeness (QED) is 0.613. The molecule has 0 aliphatic rings. The van der Waals surface area contributed by atoms with Crippen LogP contribution < -0.4 is 5.32 Å². The van der Waals surface area contributed by atoms with Crippen molar-refractivity contribution in [1.29, 1.82) is 0 Å². The van der Waals surface area contributed by atoms with Gasteiger partial charge in [0.2, 0.25) is 5.91 Å². The molecule has 0 fully saturated rings. The summed E-state index contributed by atoms with van der Waals surface area (Å²) in [7, 11) is 0. The van der Waals surface area contributed by atoms with Gasteiger partial charge in [-0.05, 0) is 55.5 Å². The highest BCUT2D eigenvalue weighted by atomic mass is 19.1. The molecule has 1 aromatic heterocycles. The summed E-state index contributed by atoms with van der Waals surface area (Å²) in [5, 5.41) is 7.47. The van der Waals surface area contributed by atoms with E-state index in [1.54, 1.807) is 18.2 Å². The van der Waals surface area contributed by atoms with Crippen LogP contribution in [-0.2, 0) is 17.6 Å². The zero-order valence-electron chi connectivity index (χ0n) is 15.5. The molecule has 1 heterocycles.